The van der Waals surface area contributed by atoms with Crippen molar-refractivity contribution in [2.75, 3.05) is 12.8 Å². The number of carbonyl (C=O) groups is 1. The maximum atomic E-state index is 12.8. The number of amides is 2. The fourth-order valence-electron chi connectivity index (χ4n) is 5.07. The summed E-state index contributed by atoms with van der Waals surface area (Å²) >= 11 is 0. The number of aromatic amines is 1. The van der Waals surface area contributed by atoms with Crippen LogP contribution < -0.4 is 5.32 Å². The van der Waals surface area contributed by atoms with Crippen LogP contribution in [0.1, 0.15) is 44.6 Å². The molecule has 5 rings (SSSR count). The summed E-state index contributed by atoms with van der Waals surface area (Å²) in [6, 6.07) is 9.34. The molecule has 1 atom stereocenters. The Morgan fingerprint density at radius 1 is 1.15 bits per heavy atom. The Morgan fingerprint density at radius 3 is 2.56 bits per heavy atom. The molecule has 2 aromatic heterocycles. The predicted molar refractivity (Wildman–Crippen MR) is 134 cm³/mol. The number of aromatic nitrogens is 2. The Balaban J connectivity index is 1.39. The third-order valence-electron chi connectivity index (χ3n) is 6.99. The van der Waals surface area contributed by atoms with E-state index in [0.29, 0.717) is 17.5 Å². The van der Waals surface area contributed by atoms with Crippen molar-refractivity contribution in [3.8, 4) is 11.1 Å². The molecule has 2 N–H and O–H groups in total. The summed E-state index contributed by atoms with van der Waals surface area (Å²) in [5, 5.41) is 4.22. The number of H-pyrrole nitrogens is 1. The summed E-state index contributed by atoms with van der Waals surface area (Å²) in [6.45, 7) is 2.74. The van der Waals surface area contributed by atoms with Crippen molar-refractivity contribution in [3.05, 3.63) is 54.4 Å². The summed E-state index contributed by atoms with van der Waals surface area (Å²) < 4.78 is 23.5. The minimum Gasteiger partial charge on any atom is -0.346 e. The van der Waals surface area contributed by atoms with Gasteiger partial charge in [-0.1, -0.05) is 31.1 Å². The van der Waals surface area contributed by atoms with E-state index >= 15 is 0 Å². The number of fused-ring (bicyclic) bond motifs is 1. The third kappa shape index (κ3) is 4.46. The average molecular weight is 479 g/mol. The van der Waals surface area contributed by atoms with Crippen LogP contribution in [0.3, 0.4) is 0 Å². The van der Waals surface area contributed by atoms with Crippen molar-refractivity contribution in [2.24, 2.45) is 0 Å². The van der Waals surface area contributed by atoms with Crippen molar-refractivity contribution in [3.63, 3.8) is 0 Å². The largest absolute Gasteiger partial charge is 0.346 e. The summed E-state index contributed by atoms with van der Waals surface area (Å²) in [6.07, 6.45) is 12.5. The number of rotatable bonds is 4. The van der Waals surface area contributed by atoms with Gasteiger partial charge in [-0.15, -0.1) is 0 Å². The third-order valence-corrected chi connectivity index (χ3v) is 8.12. The first-order valence-corrected chi connectivity index (χ1v) is 13.7. The minimum absolute atomic E-state index is 0.00906. The van der Waals surface area contributed by atoms with Crippen molar-refractivity contribution in [1.82, 2.24) is 20.2 Å². The molecule has 2 amide bonds. The molecular formula is C26H30N4O3S. The highest BCUT2D eigenvalue weighted by atomic mass is 32.2. The zero-order valence-electron chi connectivity index (χ0n) is 19.5. The summed E-state index contributed by atoms with van der Waals surface area (Å²) in [7, 11) is -3.23. The van der Waals surface area contributed by atoms with E-state index in [1.807, 2.05) is 23.2 Å². The lowest BCUT2D eigenvalue weighted by Gasteiger charge is -2.33. The Hall–Kier alpha value is -3.13. The summed E-state index contributed by atoms with van der Waals surface area (Å²) in [4.78, 5) is 22.9. The number of nitrogens with one attached hydrogen (secondary N) is 2. The molecule has 0 bridgehead atoms. The fourth-order valence-corrected chi connectivity index (χ4v) is 5.70. The molecule has 3 heterocycles. The minimum atomic E-state index is -3.23. The highest BCUT2D eigenvalue weighted by Crippen LogP contribution is 2.33. The molecule has 1 saturated carbocycles. The molecule has 0 radical (unpaired) electrons. The van der Waals surface area contributed by atoms with Gasteiger partial charge in [-0.3, -0.25) is 0 Å². The quantitative estimate of drug-likeness (QED) is 0.565. The predicted octanol–water partition coefficient (Wildman–Crippen LogP) is 4.76. The van der Waals surface area contributed by atoms with Gasteiger partial charge in [-0.2, -0.15) is 0 Å². The lowest BCUT2D eigenvalue weighted by molar-refractivity contribution is 0.184. The molecule has 1 aromatic carbocycles. The molecule has 34 heavy (non-hydrogen) atoms. The van der Waals surface area contributed by atoms with E-state index in [9.17, 15) is 13.2 Å². The topological polar surface area (TPSA) is 95.2 Å². The molecule has 1 fully saturated rings. The van der Waals surface area contributed by atoms with Crippen LogP contribution in [0.15, 0.2) is 53.7 Å². The summed E-state index contributed by atoms with van der Waals surface area (Å²) in [5.41, 5.74) is 4.95. The lowest BCUT2D eigenvalue weighted by Crippen LogP contribution is -2.49. The van der Waals surface area contributed by atoms with Gasteiger partial charge >= 0.3 is 6.03 Å². The first-order valence-electron chi connectivity index (χ1n) is 11.9. The van der Waals surface area contributed by atoms with Crippen LogP contribution in [0.5, 0.6) is 0 Å². The van der Waals surface area contributed by atoms with Gasteiger partial charge in [-0.05, 0) is 55.5 Å². The number of nitrogens with zero attached hydrogens (tertiary/aromatic N) is 2. The number of sulfone groups is 1. The van der Waals surface area contributed by atoms with E-state index in [1.54, 1.807) is 18.3 Å². The average Bonchev–Trinajstić information content (AvgIpc) is 3.48. The van der Waals surface area contributed by atoms with E-state index in [0.717, 1.165) is 47.0 Å². The van der Waals surface area contributed by atoms with Crippen molar-refractivity contribution < 1.29 is 13.2 Å². The number of hydrogen-bond acceptors (Lipinski definition) is 4. The van der Waals surface area contributed by atoms with E-state index in [4.69, 9.17) is 0 Å². The van der Waals surface area contributed by atoms with Crippen molar-refractivity contribution >= 4 is 32.5 Å². The number of urea groups is 1. The highest BCUT2D eigenvalue weighted by molar-refractivity contribution is 7.90. The molecule has 3 aromatic rings. The van der Waals surface area contributed by atoms with Gasteiger partial charge in [0.25, 0.3) is 0 Å². The lowest BCUT2D eigenvalue weighted by atomic mass is 9.95. The molecule has 0 spiro atoms. The Morgan fingerprint density at radius 2 is 1.88 bits per heavy atom. The van der Waals surface area contributed by atoms with Gasteiger partial charge in [0.15, 0.2) is 9.84 Å². The van der Waals surface area contributed by atoms with Crippen LogP contribution >= 0.6 is 0 Å². The highest BCUT2D eigenvalue weighted by Gasteiger charge is 2.27. The van der Waals surface area contributed by atoms with Crippen LogP contribution in [-0.4, -0.2) is 54.2 Å². The number of carbonyl (C=O) groups excluding carboxylic acids is 1. The summed E-state index contributed by atoms with van der Waals surface area (Å²) in [5.74, 6) is 0. The number of pyridine rings is 1. The SMILES string of the molecule is CC1C=C(c2c[nH]c3ncc(-c4ccc(S(C)(=O)=O)cc4)cc23)CCN1C(=O)NC1CCCC1. The van der Waals surface area contributed by atoms with Crippen molar-refractivity contribution in [1.29, 1.82) is 0 Å². The molecule has 1 unspecified atom stereocenters. The van der Waals surface area contributed by atoms with E-state index in [2.05, 4.69) is 34.4 Å². The van der Waals surface area contributed by atoms with Gasteiger partial charge in [-0.25, -0.2) is 18.2 Å². The fraction of sp³-hybridized carbons (Fsp3) is 0.385. The monoisotopic (exact) mass is 478 g/mol. The number of benzene rings is 1. The molecule has 2 aliphatic rings. The molecule has 0 saturated heterocycles. The molecule has 8 heteroatoms. The smallest absolute Gasteiger partial charge is 0.318 e. The second-order valence-corrected chi connectivity index (χ2v) is 11.4. The van der Waals surface area contributed by atoms with Crippen LogP contribution in [0.4, 0.5) is 4.79 Å². The first kappa shape index (κ1) is 22.7. The maximum absolute atomic E-state index is 12.8. The van der Waals surface area contributed by atoms with Crippen LogP contribution in [0.25, 0.3) is 27.7 Å². The van der Waals surface area contributed by atoms with Crippen LogP contribution in [0.2, 0.25) is 0 Å². The van der Waals surface area contributed by atoms with Crippen LogP contribution in [-0.2, 0) is 9.84 Å². The molecule has 7 nitrogen and oxygen atoms in total. The van der Waals surface area contributed by atoms with E-state index in [1.165, 1.54) is 24.7 Å². The molecule has 1 aliphatic heterocycles. The normalized spacial score (nSPS) is 19.4. The second kappa shape index (κ2) is 8.91. The molecule has 1 aliphatic carbocycles. The van der Waals surface area contributed by atoms with Gasteiger partial charge in [0.1, 0.15) is 5.65 Å². The molecular weight excluding hydrogens is 448 g/mol. The van der Waals surface area contributed by atoms with Gasteiger partial charge in [0.05, 0.1) is 4.90 Å². The van der Waals surface area contributed by atoms with Gasteiger partial charge in [0, 0.05) is 53.8 Å². The Bertz CT molecular complexity index is 1350. The standard InChI is InChI=1S/C26H30N4O3S/c1-17-13-19(11-12-30(17)26(31)29-21-5-3-4-6-21)24-16-28-25-23(24)14-20(15-27-25)18-7-9-22(10-8-18)34(2,32)33/h7-10,13-17,21H,3-6,11-12H2,1-2H3,(H,27,28)(H,29,31). The molecule has 178 valence electrons. The second-order valence-electron chi connectivity index (χ2n) is 9.43. The first-order chi connectivity index (χ1) is 16.3. The van der Waals surface area contributed by atoms with Crippen molar-refractivity contribution in [2.45, 2.75) is 56.0 Å². The van der Waals surface area contributed by atoms with E-state index in [-0.39, 0.29) is 12.1 Å². The Kier molecular flexibility index (Phi) is 5.93. The van der Waals surface area contributed by atoms with E-state index < -0.39 is 9.84 Å². The Labute approximate surface area is 200 Å². The maximum Gasteiger partial charge on any atom is 0.318 e. The zero-order valence-corrected chi connectivity index (χ0v) is 20.4. The zero-order chi connectivity index (χ0) is 23.9. The van der Waals surface area contributed by atoms with Crippen LogP contribution in [0, 0.1) is 0 Å². The van der Waals surface area contributed by atoms with Gasteiger partial charge in [0.2, 0.25) is 0 Å². The van der Waals surface area contributed by atoms with Gasteiger partial charge < -0.3 is 15.2 Å². The number of hydrogen-bond donors (Lipinski definition) is 2.